The molecule has 4 nitrogen and oxygen atoms in total. The molecule has 0 fully saturated rings. The average molecular weight is 257 g/mol. The molecule has 0 amide bonds. The fraction of sp³-hybridized carbons (Fsp3) is 0.400. The smallest absolute Gasteiger partial charge is 0.102 e. The highest BCUT2D eigenvalue weighted by Gasteiger charge is 2.22. The Kier molecular flexibility index (Phi) is 3.03. The van der Waals surface area contributed by atoms with Gasteiger partial charge in [-0.1, -0.05) is 24.3 Å². The summed E-state index contributed by atoms with van der Waals surface area (Å²) in [5, 5.41) is 4.49. The standard InChI is InChI=1S/C15H19N3O/c1-10-15(16)11(2)18(17-10)9-14-13-6-4-3-5-12(13)7-8-19-14/h3-6,14H,7-9,16H2,1-2H3. The number of hydrogen-bond acceptors (Lipinski definition) is 3. The summed E-state index contributed by atoms with van der Waals surface area (Å²) >= 11 is 0. The van der Waals surface area contributed by atoms with E-state index in [4.69, 9.17) is 10.5 Å². The van der Waals surface area contributed by atoms with Crippen molar-refractivity contribution in [3.05, 3.63) is 46.8 Å². The number of anilines is 1. The van der Waals surface area contributed by atoms with E-state index in [1.54, 1.807) is 0 Å². The molecule has 0 saturated carbocycles. The molecule has 1 unspecified atom stereocenters. The second-order valence-electron chi connectivity index (χ2n) is 5.07. The molecule has 1 atom stereocenters. The zero-order valence-electron chi connectivity index (χ0n) is 11.4. The largest absolute Gasteiger partial charge is 0.396 e. The van der Waals surface area contributed by atoms with Crippen molar-refractivity contribution < 1.29 is 4.74 Å². The maximum Gasteiger partial charge on any atom is 0.102 e. The number of nitrogen functional groups attached to an aromatic ring is 1. The fourth-order valence-corrected chi connectivity index (χ4v) is 2.67. The second-order valence-corrected chi connectivity index (χ2v) is 5.07. The van der Waals surface area contributed by atoms with Crippen LogP contribution in [0.3, 0.4) is 0 Å². The van der Waals surface area contributed by atoms with Crippen LogP contribution in [0.1, 0.15) is 28.6 Å². The summed E-state index contributed by atoms with van der Waals surface area (Å²) in [7, 11) is 0. The molecule has 2 N–H and O–H groups in total. The molecule has 0 aliphatic carbocycles. The highest BCUT2D eigenvalue weighted by molar-refractivity contribution is 5.46. The zero-order chi connectivity index (χ0) is 13.4. The van der Waals surface area contributed by atoms with Gasteiger partial charge in [-0.25, -0.2) is 0 Å². The van der Waals surface area contributed by atoms with Crippen molar-refractivity contribution in [1.82, 2.24) is 9.78 Å². The van der Waals surface area contributed by atoms with Crippen molar-refractivity contribution in [3.8, 4) is 0 Å². The van der Waals surface area contributed by atoms with Crippen molar-refractivity contribution in [2.24, 2.45) is 0 Å². The summed E-state index contributed by atoms with van der Waals surface area (Å²) in [6.07, 6.45) is 1.06. The molecule has 100 valence electrons. The molecular weight excluding hydrogens is 238 g/mol. The van der Waals surface area contributed by atoms with Crippen LogP contribution in [0.4, 0.5) is 5.69 Å². The molecule has 0 bridgehead atoms. The lowest BCUT2D eigenvalue weighted by atomic mass is 9.97. The molecule has 3 rings (SSSR count). The molecule has 2 aromatic rings. The van der Waals surface area contributed by atoms with Gasteiger partial charge in [0.2, 0.25) is 0 Å². The summed E-state index contributed by atoms with van der Waals surface area (Å²) in [5.74, 6) is 0. The monoisotopic (exact) mass is 257 g/mol. The van der Waals surface area contributed by atoms with E-state index < -0.39 is 0 Å². The van der Waals surface area contributed by atoms with Crippen LogP contribution in [-0.4, -0.2) is 16.4 Å². The van der Waals surface area contributed by atoms with Crippen molar-refractivity contribution in [1.29, 1.82) is 0 Å². The number of ether oxygens (including phenoxy) is 1. The highest BCUT2D eigenvalue weighted by Crippen LogP contribution is 2.29. The number of hydrogen-bond donors (Lipinski definition) is 1. The molecule has 1 aliphatic rings. The van der Waals surface area contributed by atoms with E-state index in [0.29, 0.717) is 0 Å². The van der Waals surface area contributed by atoms with Gasteiger partial charge in [-0.15, -0.1) is 0 Å². The number of rotatable bonds is 2. The molecule has 0 spiro atoms. The summed E-state index contributed by atoms with van der Waals surface area (Å²) in [6, 6.07) is 8.48. The SMILES string of the molecule is Cc1nn(CC2OCCc3ccccc32)c(C)c1N. The van der Waals surface area contributed by atoms with E-state index in [2.05, 4.69) is 29.4 Å². The van der Waals surface area contributed by atoms with Crippen molar-refractivity contribution in [2.45, 2.75) is 32.9 Å². The minimum atomic E-state index is 0.0716. The van der Waals surface area contributed by atoms with E-state index in [0.717, 1.165) is 36.6 Å². The van der Waals surface area contributed by atoms with Gasteiger partial charge in [-0.05, 0) is 31.4 Å². The van der Waals surface area contributed by atoms with Gasteiger partial charge < -0.3 is 10.5 Å². The van der Waals surface area contributed by atoms with Crippen LogP contribution < -0.4 is 5.73 Å². The van der Waals surface area contributed by atoms with Crippen LogP contribution >= 0.6 is 0 Å². The van der Waals surface area contributed by atoms with Gasteiger partial charge in [-0.3, -0.25) is 4.68 Å². The number of aromatic nitrogens is 2. The van der Waals surface area contributed by atoms with Crippen LogP contribution in [0.5, 0.6) is 0 Å². The number of fused-ring (bicyclic) bond motifs is 1. The topological polar surface area (TPSA) is 53.1 Å². The summed E-state index contributed by atoms with van der Waals surface area (Å²) in [6.45, 7) is 5.44. The van der Waals surface area contributed by atoms with Crippen LogP contribution in [0.15, 0.2) is 24.3 Å². The van der Waals surface area contributed by atoms with Gasteiger partial charge in [0.1, 0.15) is 6.10 Å². The predicted octanol–water partition coefficient (Wildman–Crippen LogP) is 2.40. The lowest BCUT2D eigenvalue weighted by Crippen LogP contribution is -2.21. The van der Waals surface area contributed by atoms with Crippen molar-refractivity contribution in [3.63, 3.8) is 0 Å². The van der Waals surface area contributed by atoms with Crippen LogP contribution in [0.2, 0.25) is 0 Å². The Bertz CT molecular complexity index is 603. The summed E-state index contributed by atoms with van der Waals surface area (Å²) < 4.78 is 7.87. The Morgan fingerprint density at radius 1 is 1.37 bits per heavy atom. The van der Waals surface area contributed by atoms with Gasteiger partial charge in [0.15, 0.2) is 0 Å². The third-order valence-electron chi connectivity index (χ3n) is 3.87. The zero-order valence-corrected chi connectivity index (χ0v) is 11.4. The number of nitrogens with two attached hydrogens (primary N) is 1. The molecule has 1 aliphatic heterocycles. The fourth-order valence-electron chi connectivity index (χ4n) is 2.67. The van der Waals surface area contributed by atoms with Gasteiger partial charge >= 0.3 is 0 Å². The van der Waals surface area contributed by atoms with Gasteiger partial charge in [0.05, 0.1) is 30.2 Å². The van der Waals surface area contributed by atoms with E-state index in [1.807, 2.05) is 18.5 Å². The minimum absolute atomic E-state index is 0.0716. The Labute approximate surface area is 113 Å². The molecule has 1 aromatic heterocycles. The van der Waals surface area contributed by atoms with E-state index in [9.17, 15) is 0 Å². The minimum Gasteiger partial charge on any atom is -0.396 e. The highest BCUT2D eigenvalue weighted by atomic mass is 16.5. The third-order valence-corrected chi connectivity index (χ3v) is 3.87. The second kappa shape index (κ2) is 4.70. The third kappa shape index (κ3) is 2.12. The first-order valence-corrected chi connectivity index (χ1v) is 6.65. The first-order valence-electron chi connectivity index (χ1n) is 6.65. The van der Waals surface area contributed by atoms with Gasteiger partial charge in [0.25, 0.3) is 0 Å². The van der Waals surface area contributed by atoms with E-state index in [-0.39, 0.29) is 6.10 Å². The number of aryl methyl sites for hydroxylation is 1. The Hall–Kier alpha value is -1.81. The van der Waals surface area contributed by atoms with E-state index >= 15 is 0 Å². The van der Waals surface area contributed by atoms with Gasteiger partial charge in [0, 0.05) is 0 Å². The molecule has 0 saturated heterocycles. The predicted molar refractivity (Wildman–Crippen MR) is 75.0 cm³/mol. The number of nitrogens with zero attached hydrogens (tertiary/aromatic N) is 2. The first kappa shape index (κ1) is 12.2. The van der Waals surface area contributed by atoms with Crippen LogP contribution in [0, 0.1) is 13.8 Å². The normalized spacial score (nSPS) is 18.3. The molecular formula is C15H19N3O. The summed E-state index contributed by atoms with van der Waals surface area (Å²) in [5.41, 5.74) is 11.3. The quantitative estimate of drug-likeness (QED) is 0.898. The van der Waals surface area contributed by atoms with Crippen molar-refractivity contribution >= 4 is 5.69 Å². The van der Waals surface area contributed by atoms with Gasteiger partial charge in [-0.2, -0.15) is 5.10 Å². The Morgan fingerprint density at radius 2 is 2.16 bits per heavy atom. The molecule has 19 heavy (non-hydrogen) atoms. The maximum atomic E-state index is 5.98. The number of benzene rings is 1. The Balaban J connectivity index is 1.90. The lowest BCUT2D eigenvalue weighted by molar-refractivity contribution is 0.0278. The molecule has 4 heteroatoms. The van der Waals surface area contributed by atoms with Crippen molar-refractivity contribution in [2.75, 3.05) is 12.3 Å². The average Bonchev–Trinajstić information content (AvgIpc) is 2.67. The lowest BCUT2D eigenvalue weighted by Gasteiger charge is -2.26. The Morgan fingerprint density at radius 3 is 2.89 bits per heavy atom. The molecule has 0 radical (unpaired) electrons. The van der Waals surface area contributed by atoms with Crippen LogP contribution in [-0.2, 0) is 17.7 Å². The first-order chi connectivity index (χ1) is 9.16. The van der Waals surface area contributed by atoms with Crippen LogP contribution in [0.25, 0.3) is 0 Å². The summed E-state index contributed by atoms with van der Waals surface area (Å²) in [4.78, 5) is 0. The maximum absolute atomic E-state index is 5.98. The van der Waals surface area contributed by atoms with E-state index in [1.165, 1.54) is 11.1 Å². The molecule has 2 heterocycles. The molecule has 1 aromatic carbocycles.